The average molecular weight is 801 g/mol. The summed E-state index contributed by atoms with van der Waals surface area (Å²) in [7, 11) is 1.70. The summed E-state index contributed by atoms with van der Waals surface area (Å²) in [5, 5.41) is 24.7. The minimum atomic E-state index is -0.987. The summed E-state index contributed by atoms with van der Waals surface area (Å²) in [6.45, 7) is 1.75. The second kappa shape index (κ2) is 19.7. The van der Waals surface area contributed by atoms with Crippen LogP contribution in [0, 0.1) is 0 Å². The molecule has 56 heavy (non-hydrogen) atoms. The first-order chi connectivity index (χ1) is 26.5. The van der Waals surface area contributed by atoms with Gasteiger partial charge < -0.3 is 25.7 Å². The highest BCUT2D eigenvalue weighted by Crippen LogP contribution is 2.39. The van der Waals surface area contributed by atoms with Crippen LogP contribution in [0.15, 0.2) is 72.8 Å². The maximum absolute atomic E-state index is 13.9. The molecule has 0 bridgehead atoms. The zero-order chi connectivity index (χ0) is 38.9. The second-order valence-electron chi connectivity index (χ2n) is 14.5. The van der Waals surface area contributed by atoms with Crippen LogP contribution in [0.1, 0.15) is 103 Å². The van der Waals surface area contributed by atoms with Gasteiger partial charge in [-0.1, -0.05) is 36.4 Å². The number of aromatic carboxylic acids is 1. The molecule has 0 atom stereocenters. The van der Waals surface area contributed by atoms with E-state index < -0.39 is 11.9 Å². The summed E-state index contributed by atoms with van der Waals surface area (Å²) in [6.07, 6.45) is 8.22. The first-order valence-corrected chi connectivity index (χ1v) is 19.8. The molecule has 296 valence electrons. The number of rotatable bonds is 18. The number of aryl methyl sites for hydroxylation is 3. The average Bonchev–Trinajstić information content (AvgIpc) is 3.96. The number of hydrogen-bond acceptors (Lipinski definition) is 7. The van der Waals surface area contributed by atoms with Gasteiger partial charge in [0.25, 0.3) is 11.8 Å². The summed E-state index contributed by atoms with van der Waals surface area (Å²) in [4.78, 5) is 67.0. The van der Waals surface area contributed by atoms with Gasteiger partial charge >= 0.3 is 11.9 Å². The molecule has 1 saturated carbocycles. The molecule has 13 heteroatoms. The Hall–Kier alpha value is -5.04. The Labute approximate surface area is 337 Å². The number of benzene rings is 3. The van der Waals surface area contributed by atoms with Crippen molar-refractivity contribution in [1.82, 2.24) is 9.80 Å². The van der Waals surface area contributed by atoms with Gasteiger partial charge in [-0.05, 0) is 116 Å². The second-order valence-corrected chi connectivity index (χ2v) is 15.6. The van der Waals surface area contributed by atoms with E-state index in [0.29, 0.717) is 47.5 Å². The van der Waals surface area contributed by atoms with Crippen molar-refractivity contribution >= 4 is 64.1 Å². The minimum absolute atomic E-state index is 0. The predicted molar refractivity (Wildman–Crippen MR) is 220 cm³/mol. The highest BCUT2D eigenvalue weighted by atomic mass is 35.5. The van der Waals surface area contributed by atoms with E-state index in [1.54, 1.807) is 30.1 Å². The molecule has 2 aliphatic rings. The van der Waals surface area contributed by atoms with Crippen LogP contribution < -0.4 is 10.6 Å². The van der Waals surface area contributed by atoms with Gasteiger partial charge in [0.1, 0.15) is 5.00 Å². The fourth-order valence-electron chi connectivity index (χ4n) is 7.01. The number of aliphatic carboxylic acids is 1. The number of thiophene rings is 1. The number of carbonyl (C=O) groups is 5. The van der Waals surface area contributed by atoms with Gasteiger partial charge in [0.05, 0.1) is 17.5 Å². The lowest BCUT2D eigenvalue weighted by Gasteiger charge is -2.26. The highest BCUT2D eigenvalue weighted by molar-refractivity contribution is 7.17. The monoisotopic (exact) mass is 800 g/mol. The Bertz CT molecular complexity index is 2030. The van der Waals surface area contributed by atoms with Gasteiger partial charge in [-0.15, -0.1) is 23.7 Å². The third-order valence-electron chi connectivity index (χ3n) is 10.3. The molecule has 6 rings (SSSR count). The van der Waals surface area contributed by atoms with Gasteiger partial charge in [-0.25, -0.2) is 4.79 Å². The Balaban J connectivity index is 0.00000600. The van der Waals surface area contributed by atoms with Crippen molar-refractivity contribution in [2.24, 2.45) is 0 Å². The number of anilines is 2. The normalized spacial score (nSPS) is 13.3. The van der Waals surface area contributed by atoms with Crippen molar-refractivity contribution in [3.8, 4) is 0 Å². The summed E-state index contributed by atoms with van der Waals surface area (Å²) in [5.41, 5.74) is 6.20. The van der Waals surface area contributed by atoms with E-state index in [1.165, 1.54) is 11.3 Å². The number of carboxylic acids is 2. The SMILES string of the molecule is CN(CCN(Cc1cccc(C(=O)Nc2sc3c(c2C(=O)Nc2ccc(CCCc4ccc(C(=O)O)cc4)cc2)CCCC3)c1)C1CC1)C(=O)CCC(=O)O.Cl. The number of nitrogens with one attached hydrogen (secondary N) is 2. The predicted octanol–water partition coefficient (Wildman–Crippen LogP) is 7.71. The van der Waals surface area contributed by atoms with Crippen LogP contribution in [0.2, 0.25) is 0 Å². The van der Waals surface area contributed by atoms with Gasteiger partial charge in [-0.2, -0.15) is 0 Å². The van der Waals surface area contributed by atoms with Crippen LogP contribution >= 0.6 is 23.7 Å². The Kier molecular flexibility index (Phi) is 14.8. The van der Waals surface area contributed by atoms with E-state index >= 15 is 0 Å². The lowest BCUT2D eigenvalue weighted by molar-refractivity contribution is -0.140. The molecule has 1 aromatic heterocycles. The molecular formula is C43H49ClN4O7S. The third kappa shape index (κ3) is 11.5. The molecule has 1 heterocycles. The summed E-state index contributed by atoms with van der Waals surface area (Å²) < 4.78 is 0. The Morgan fingerprint density at radius 2 is 1.45 bits per heavy atom. The van der Waals surface area contributed by atoms with Crippen LogP contribution in [0.5, 0.6) is 0 Å². The first kappa shape index (κ1) is 42.1. The van der Waals surface area contributed by atoms with Crippen molar-refractivity contribution < 1.29 is 34.2 Å². The van der Waals surface area contributed by atoms with Crippen LogP contribution in [-0.2, 0) is 41.8 Å². The van der Waals surface area contributed by atoms with E-state index in [9.17, 15) is 24.0 Å². The number of halogens is 1. The van der Waals surface area contributed by atoms with Gasteiger partial charge in [0, 0.05) is 55.3 Å². The zero-order valence-corrected chi connectivity index (χ0v) is 33.2. The fraction of sp³-hybridized carbons (Fsp3) is 0.372. The number of carbonyl (C=O) groups excluding carboxylic acids is 3. The van der Waals surface area contributed by atoms with Crippen molar-refractivity contribution in [3.63, 3.8) is 0 Å². The number of nitrogens with zero attached hydrogens (tertiary/aromatic N) is 2. The Morgan fingerprint density at radius 1 is 0.768 bits per heavy atom. The van der Waals surface area contributed by atoms with E-state index in [0.717, 1.165) is 84.9 Å². The molecular weight excluding hydrogens is 752 g/mol. The molecule has 0 radical (unpaired) electrons. The van der Waals surface area contributed by atoms with E-state index in [1.807, 2.05) is 54.6 Å². The van der Waals surface area contributed by atoms with Crippen LogP contribution in [0.4, 0.5) is 10.7 Å². The summed E-state index contributed by atoms with van der Waals surface area (Å²) in [5.74, 6) is -2.63. The number of likely N-dealkylation sites (N-methyl/N-ethyl adjacent to an activating group) is 1. The first-order valence-electron chi connectivity index (χ1n) is 19.0. The number of hydrogen-bond donors (Lipinski definition) is 4. The highest BCUT2D eigenvalue weighted by Gasteiger charge is 2.30. The molecule has 4 aromatic rings. The number of carboxylic acid groups (broad SMARTS) is 2. The number of amides is 3. The van der Waals surface area contributed by atoms with E-state index in [2.05, 4.69) is 15.5 Å². The van der Waals surface area contributed by atoms with Crippen LogP contribution in [-0.4, -0.2) is 75.9 Å². The molecule has 0 spiro atoms. The molecule has 1 fully saturated rings. The van der Waals surface area contributed by atoms with Crippen molar-refractivity contribution in [2.75, 3.05) is 30.8 Å². The van der Waals surface area contributed by atoms with Crippen LogP contribution in [0.25, 0.3) is 0 Å². The van der Waals surface area contributed by atoms with E-state index in [4.69, 9.17) is 10.2 Å². The molecule has 4 N–H and O–H groups in total. The van der Waals surface area contributed by atoms with Crippen LogP contribution in [0.3, 0.4) is 0 Å². The lowest BCUT2D eigenvalue weighted by atomic mass is 9.95. The molecule has 0 aliphatic heterocycles. The summed E-state index contributed by atoms with van der Waals surface area (Å²) >= 11 is 1.48. The third-order valence-corrected chi connectivity index (χ3v) is 11.5. The van der Waals surface area contributed by atoms with E-state index in [-0.39, 0.29) is 48.5 Å². The number of fused-ring (bicyclic) bond motifs is 1. The lowest BCUT2D eigenvalue weighted by Crippen LogP contribution is -2.37. The van der Waals surface area contributed by atoms with Gasteiger partial charge in [0.15, 0.2) is 0 Å². The van der Waals surface area contributed by atoms with Gasteiger partial charge in [-0.3, -0.25) is 24.1 Å². The largest absolute Gasteiger partial charge is 0.481 e. The van der Waals surface area contributed by atoms with Crippen molar-refractivity contribution in [1.29, 1.82) is 0 Å². The molecule has 11 nitrogen and oxygen atoms in total. The van der Waals surface area contributed by atoms with Gasteiger partial charge in [0.2, 0.25) is 5.91 Å². The quantitative estimate of drug-likeness (QED) is 0.0798. The molecule has 2 aliphatic carbocycles. The molecule has 0 unspecified atom stereocenters. The standard InChI is InChI=1S/C43H48N4O7S.ClH/c1-46(37(48)22-23-38(49)50)24-25-47(34-20-21-34)27-30-8-5-9-32(26-30)40(51)45-42-39(35-10-2-3-11-36(35)55-42)41(52)44-33-18-14-29(15-19-33)7-4-6-28-12-16-31(17-13-28)43(53)54;/h5,8-9,12-19,26,34H,2-4,6-7,10-11,20-25,27H2,1H3,(H,44,52)(H,45,51)(H,49,50)(H,53,54);1H. The zero-order valence-electron chi connectivity index (χ0n) is 31.6. The smallest absolute Gasteiger partial charge is 0.335 e. The fourth-order valence-corrected chi connectivity index (χ4v) is 8.29. The summed E-state index contributed by atoms with van der Waals surface area (Å²) in [6, 6.07) is 22.7. The Morgan fingerprint density at radius 3 is 2.11 bits per heavy atom. The molecule has 0 saturated heterocycles. The minimum Gasteiger partial charge on any atom is -0.481 e. The maximum Gasteiger partial charge on any atom is 0.335 e. The van der Waals surface area contributed by atoms with Crippen molar-refractivity contribution in [3.05, 3.63) is 117 Å². The van der Waals surface area contributed by atoms with Crippen molar-refractivity contribution in [2.45, 2.75) is 83.2 Å². The molecule has 3 aromatic carbocycles. The maximum atomic E-state index is 13.9. The molecule has 3 amide bonds. The topological polar surface area (TPSA) is 156 Å².